The molecule has 0 radical (unpaired) electrons. The number of aliphatic hydroxyl groups is 2. The number of carbonyl (C=O) groups excluding carboxylic acids is 1. The van der Waals surface area contributed by atoms with Crippen LogP contribution in [0.15, 0.2) is 18.2 Å². The maximum Gasteiger partial charge on any atom is 0.344 e. The van der Waals surface area contributed by atoms with Gasteiger partial charge in [-0.3, -0.25) is 0 Å². The third-order valence-corrected chi connectivity index (χ3v) is 6.98. The van der Waals surface area contributed by atoms with Gasteiger partial charge < -0.3 is 19.7 Å². The third kappa shape index (κ3) is 6.21. The molecule has 1 aromatic rings. The second-order valence-electron chi connectivity index (χ2n) is 9.02. The Balaban J connectivity index is 1.54. The van der Waals surface area contributed by atoms with Crippen LogP contribution >= 0.6 is 0 Å². The number of hydrogen-bond acceptors (Lipinski definition) is 5. The fraction of sp³-hybridized carbons (Fsp3) is 0.720. The lowest BCUT2D eigenvalue weighted by Gasteiger charge is -2.32. The molecule has 1 aromatic carbocycles. The van der Waals surface area contributed by atoms with Crippen molar-refractivity contribution in [3.63, 3.8) is 0 Å². The lowest BCUT2D eigenvalue weighted by Crippen LogP contribution is -2.26. The van der Waals surface area contributed by atoms with E-state index in [1.807, 2.05) is 12.1 Å². The van der Waals surface area contributed by atoms with Crippen LogP contribution in [0.3, 0.4) is 0 Å². The Morgan fingerprint density at radius 3 is 2.87 bits per heavy atom. The number of benzene rings is 1. The second kappa shape index (κ2) is 11.7. The molecule has 0 saturated heterocycles. The molecule has 3 rings (SSSR count). The largest absolute Gasteiger partial charge is 0.482 e. The smallest absolute Gasteiger partial charge is 0.344 e. The molecule has 0 amide bonds. The van der Waals surface area contributed by atoms with Gasteiger partial charge in [-0.05, 0) is 79.9 Å². The van der Waals surface area contributed by atoms with Gasteiger partial charge in [0, 0.05) is 0 Å². The van der Waals surface area contributed by atoms with E-state index < -0.39 is 5.97 Å². The molecule has 1 saturated carbocycles. The Labute approximate surface area is 180 Å². The fourth-order valence-corrected chi connectivity index (χ4v) is 5.39. The summed E-state index contributed by atoms with van der Waals surface area (Å²) in [6.07, 6.45) is 11.0. The minimum atomic E-state index is -0.450. The summed E-state index contributed by atoms with van der Waals surface area (Å²) in [5.41, 5.74) is 2.59. The normalized spacial score (nSPS) is 23.5. The van der Waals surface area contributed by atoms with E-state index in [4.69, 9.17) is 14.6 Å². The van der Waals surface area contributed by atoms with Crippen molar-refractivity contribution in [3.05, 3.63) is 29.3 Å². The van der Waals surface area contributed by atoms with Gasteiger partial charge in [-0.25, -0.2) is 4.79 Å². The average molecular weight is 419 g/mol. The van der Waals surface area contributed by atoms with E-state index in [1.54, 1.807) is 0 Å². The minimum absolute atomic E-state index is 0.00747. The molecule has 2 aliphatic rings. The standard InChI is InChI=1S/C25H38O5/c1-2-3-4-7-21(27)12-11-18-9-10-20-16-23-19(15-22(18)20)6-5-8-24(23)30-17-25(28)29-14-13-26/h5-6,8,18,20-22,26-27H,2-4,7,9-17H2,1H3. The quantitative estimate of drug-likeness (QED) is 0.395. The monoisotopic (exact) mass is 418 g/mol. The van der Waals surface area contributed by atoms with E-state index in [-0.39, 0.29) is 25.9 Å². The minimum Gasteiger partial charge on any atom is -0.482 e. The summed E-state index contributed by atoms with van der Waals surface area (Å²) >= 11 is 0. The summed E-state index contributed by atoms with van der Waals surface area (Å²) in [5.74, 6) is 2.42. The second-order valence-corrected chi connectivity index (χ2v) is 9.02. The van der Waals surface area contributed by atoms with Crippen molar-refractivity contribution in [3.8, 4) is 5.75 Å². The number of fused-ring (bicyclic) bond motifs is 2. The highest BCUT2D eigenvalue weighted by Crippen LogP contribution is 2.48. The topological polar surface area (TPSA) is 76.0 Å². The molecule has 0 heterocycles. The maximum absolute atomic E-state index is 11.7. The number of esters is 1. The van der Waals surface area contributed by atoms with Crippen LogP contribution in [0.2, 0.25) is 0 Å². The van der Waals surface area contributed by atoms with Crippen LogP contribution in [0.1, 0.15) is 69.4 Å². The van der Waals surface area contributed by atoms with Crippen LogP contribution in [0.4, 0.5) is 0 Å². The van der Waals surface area contributed by atoms with Crippen molar-refractivity contribution in [2.45, 2.75) is 77.2 Å². The first kappa shape index (κ1) is 23.1. The lowest BCUT2D eigenvalue weighted by molar-refractivity contribution is -0.147. The van der Waals surface area contributed by atoms with Crippen molar-refractivity contribution in [1.82, 2.24) is 0 Å². The maximum atomic E-state index is 11.7. The number of ether oxygens (including phenoxy) is 2. The van der Waals surface area contributed by atoms with Crippen LogP contribution in [-0.4, -0.2) is 42.1 Å². The highest BCUT2D eigenvalue weighted by atomic mass is 16.6. The molecule has 4 unspecified atom stereocenters. The van der Waals surface area contributed by atoms with Crippen molar-refractivity contribution in [1.29, 1.82) is 0 Å². The Hall–Kier alpha value is -1.59. The van der Waals surface area contributed by atoms with Gasteiger partial charge in [0.15, 0.2) is 6.61 Å². The molecule has 4 atom stereocenters. The van der Waals surface area contributed by atoms with E-state index in [2.05, 4.69) is 13.0 Å². The Bertz CT molecular complexity index is 674. The van der Waals surface area contributed by atoms with E-state index >= 15 is 0 Å². The molecule has 0 bridgehead atoms. The van der Waals surface area contributed by atoms with Gasteiger partial charge in [0.05, 0.1) is 12.7 Å². The van der Waals surface area contributed by atoms with Crippen molar-refractivity contribution >= 4 is 5.97 Å². The SMILES string of the molecule is CCCCCC(O)CCC1CCC2Cc3c(cccc3OCC(=O)OCCO)CC12. The molecule has 30 heavy (non-hydrogen) atoms. The van der Waals surface area contributed by atoms with E-state index in [1.165, 1.54) is 36.8 Å². The number of aliphatic hydroxyl groups excluding tert-OH is 2. The van der Waals surface area contributed by atoms with Crippen LogP contribution in [-0.2, 0) is 22.4 Å². The number of unbranched alkanes of at least 4 members (excludes halogenated alkanes) is 2. The molecule has 2 aliphatic carbocycles. The predicted octanol–water partition coefficient (Wildman–Crippen LogP) is 4.06. The van der Waals surface area contributed by atoms with E-state index in [0.29, 0.717) is 17.8 Å². The summed E-state index contributed by atoms with van der Waals surface area (Å²) in [6.45, 7) is 1.91. The summed E-state index contributed by atoms with van der Waals surface area (Å²) in [6, 6.07) is 6.14. The lowest BCUT2D eigenvalue weighted by atomic mass is 9.73. The summed E-state index contributed by atoms with van der Waals surface area (Å²) < 4.78 is 10.7. The number of hydrogen-bond donors (Lipinski definition) is 2. The first-order valence-corrected chi connectivity index (χ1v) is 11.8. The summed E-state index contributed by atoms with van der Waals surface area (Å²) in [4.78, 5) is 11.7. The molecule has 1 fully saturated rings. The number of carbonyl (C=O) groups is 1. The van der Waals surface area contributed by atoms with Gasteiger partial charge in [0.25, 0.3) is 0 Å². The third-order valence-electron chi connectivity index (χ3n) is 6.98. The molecule has 2 N–H and O–H groups in total. The first-order chi connectivity index (χ1) is 14.6. The zero-order valence-electron chi connectivity index (χ0n) is 18.4. The highest BCUT2D eigenvalue weighted by Gasteiger charge is 2.39. The molecule has 5 nitrogen and oxygen atoms in total. The first-order valence-electron chi connectivity index (χ1n) is 11.8. The molecule has 0 aliphatic heterocycles. The fourth-order valence-electron chi connectivity index (χ4n) is 5.39. The van der Waals surface area contributed by atoms with Gasteiger partial charge in [-0.15, -0.1) is 0 Å². The van der Waals surface area contributed by atoms with Gasteiger partial charge in [0.1, 0.15) is 12.4 Å². The predicted molar refractivity (Wildman–Crippen MR) is 116 cm³/mol. The van der Waals surface area contributed by atoms with Crippen LogP contribution in [0.25, 0.3) is 0 Å². The zero-order valence-corrected chi connectivity index (χ0v) is 18.4. The van der Waals surface area contributed by atoms with Crippen LogP contribution in [0, 0.1) is 17.8 Å². The summed E-state index contributed by atoms with van der Waals surface area (Å²) in [5, 5.41) is 19.1. The van der Waals surface area contributed by atoms with Gasteiger partial charge in [-0.1, -0.05) is 38.3 Å². The van der Waals surface area contributed by atoms with Crippen LogP contribution in [0.5, 0.6) is 5.75 Å². The van der Waals surface area contributed by atoms with Crippen molar-refractivity contribution < 1.29 is 24.5 Å². The highest BCUT2D eigenvalue weighted by molar-refractivity contribution is 5.71. The Kier molecular flexibility index (Phi) is 9.01. The number of rotatable bonds is 12. The van der Waals surface area contributed by atoms with Gasteiger partial charge in [-0.2, -0.15) is 0 Å². The van der Waals surface area contributed by atoms with E-state index in [0.717, 1.165) is 44.3 Å². The molecular weight excluding hydrogens is 380 g/mol. The van der Waals surface area contributed by atoms with Crippen molar-refractivity contribution in [2.24, 2.45) is 17.8 Å². The molecule has 168 valence electrons. The van der Waals surface area contributed by atoms with Gasteiger partial charge in [0.2, 0.25) is 0 Å². The van der Waals surface area contributed by atoms with E-state index in [9.17, 15) is 9.90 Å². The summed E-state index contributed by atoms with van der Waals surface area (Å²) in [7, 11) is 0. The average Bonchev–Trinajstić information content (AvgIpc) is 3.15. The zero-order chi connectivity index (χ0) is 21.3. The molecule has 0 spiro atoms. The molecule has 0 aromatic heterocycles. The Morgan fingerprint density at radius 1 is 1.20 bits per heavy atom. The van der Waals surface area contributed by atoms with Crippen LogP contribution < -0.4 is 4.74 Å². The Morgan fingerprint density at radius 2 is 2.07 bits per heavy atom. The molecular formula is C25H38O5. The molecule has 5 heteroatoms. The van der Waals surface area contributed by atoms with Crippen molar-refractivity contribution in [2.75, 3.05) is 19.8 Å². The van der Waals surface area contributed by atoms with Gasteiger partial charge >= 0.3 is 5.97 Å².